The number of nitrogens with one attached hydrogen (secondary N) is 1. The van der Waals surface area contributed by atoms with Gasteiger partial charge in [-0.3, -0.25) is 4.90 Å². The number of aliphatic hydroxyl groups is 1. The lowest BCUT2D eigenvalue weighted by Gasteiger charge is -2.35. The molecule has 1 aliphatic heterocycles. The highest BCUT2D eigenvalue weighted by molar-refractivity contribution is 14.1. The molecule has 1 atom stereocenters. The van der Waals surface area contributed by atoms with Gasteiger partial charge in [-0.05, 0) is 46.7 Å². The first kappa shape index (κ1) is 16.2. The van der Waals surface area contributed by atoms with Crippen molar-refractivity contribution in [1.29, 1.82) is 0 Å². The highest BCUT2D eigenvalue weighted by Crippen LogP contribution is 2.25. The van der Waals surface area contributed by atoms with Gasteiger partial charge in [-0.2, -0.15) is 0 Å². The summed E-state index contributed by atoms with van der Waals surface area (Å²) in [5, 5.41) is 12.6. The van der Waals surface area contributed by atoms with E-state index in [2.05, 4.69) is 57.1 Å². The Balaban J connectivity index is 0.00000162. The second kappa shape index (κ2) is 8.32. The zero-order valence-electron chi connectivity index (χ0n) is 10.3. The van der Waals surface area contributed by atoms with Gasteiger partial charge in [0.25, 0.3) is 0 Å². The fourth-order valence-electron chi connectivity index (χ4n) is 2.39. The van der Waals surface area contributed by atoms with Crippen molar-refractivity contribution in [2.45, 2.75) is 12.5 Å². The zero-order chi connectivity index (χ0) is 12.1. The second-order valence-corrected chi connectivity index (χ2v) is 5.61. The van der Waals surface area contributed by atoms with E-state index in [1.165, 1.54) is 9.13 Å². The molecular weight excluding hydrogens is 363 g/mol. The molecule has 0 aliphatic carbocycles. The van der Waals surface area contributed by atoms with E-state index in [1.807, 2.05) is 0 Å². The van der Waals surface area contributed by atoms with Gasteiger partial charge in [0.15, 0.2) is 0 Å². The van der Waals surface area contributed by atoms with E-state index in [9.17, 15) is 5.11 Å². The van der Waals surface area contributed by atoms with Crippen LogP contribution in [-0.4, -0.2) is 42.8 Å². The number of hydrogen-bond donors (Lipinski definition) is 2. The van der Waals surface area contributed by atoms with Crippen LogP contribution in [-0.2, 0) is 0 Å². The van der Waals surface area contributed by atoms with Crippen molar-refractivity contribution in [1.82, 2.24) is 10.2 Å². The Morgan fingerprint density at radius 3 is 2.67 bits per heavy atom. The number of halogens is 2. The van der Waals surface area contributed by atoms with E-state index < -0.39 is 0 Å². The van der Waals surface area contributed by atoms with Crippen molar-refractivity contribution >= 4 is 35.0 Å². The van der Waals surface area contributed by atoms with E-state index in [1.54, 1.807) is 0 Å². The number of piperazine rings is 1. The maximum atomic E-state index is 9.25. The zero-order valence-corrected chi connectivity index (χ0v) is 13.3. The molecule has 0 bridgehead atoms. The van der Waals surface area contributed by atoms with Gasteiger partial charge >= 0.3 is 0 Å². The third-order valence-electron chi connectivity index (χ3n) is 3.23. The lowest BCUT2D eigenvalue weighted by atomic mass is 10.0. The summed E-state index contributed by atoms with van der Waals surface area (Å²) in [7, 11) is 0. The summed E-state index contributed by atoms with van der Waals surface area (Å²) < 4.78 is 1.26. The molecule has 5 heteroatoms. The molecule has 1 aromatic carbocycles. The van der Waals surface area contributed by atoms with Crippen LogP contribution in [0.25, 0.3) is 0 Å². The van der Waals surface area contributed by atoms with Gasteiger partial charge in [0.2, 0.25) is 0 Å². The molecule has 102 valence electrons. The van der Waals surface area contributed by atoms with E-state index >= 15 is 0 Å². The maximum Gasteiger partial charge on any atom is 0.0449 e. The Morgan fingerprint density at radius 2 is 2.06 bits per heavy atom. The van der Waals surface area contributed by atoms with Gasteiger partial charge in [-0.1, -0.05) is 12.1 Å². The molecule has 2 N–H and O–H groups in total. The Bertz CT molecular complexity index is 359. The Hall–Kier alpha value is 0.120. The molecule has 1 aromatic rings. The van der Waals surface area contributed by atoms with Gasteiger partial charge in [0.1, 0.15) is 0 Å². The molecule has 0 saturated carbocycles. The van der Waals surface area contributed by atoms with Crippen molar-refractivity contribution in [3.8, 4) is 0 Å². The summed E-state index contributed by atoms with van der Waals surface area (Å²) in [5.41, 5.74) is 1.33. The van der Waals surface area contributed by atoms with Crippen molar-refractivity contribution in [3.63, 3.8) is 0 Å². The van der Waals surface area contributed by atoms with E-state index in [4.69, 9.17) is 0 Å². The monoisotopic (exact) mass is 382 g/mol. The largest absolute Gasteiger partial charge is 0.396 e. The fourth-order valence-corrected chi connectivity index (χ4v) is 2.96. The summed E-state index contributed by atoms with van der Waals surface area (Å²) in [4.78, 5) is 2.47. The average molecular weight is 383 g/mol. The third kappa shape index (κ3) is 4.35. The number of hydrogen-bond acceptors (Lipinski definition) is 3. The molecule has 2 rings (SSSR count). The van der Waals surface area contributed by atoms with E-state index in [-0.39, 0.29) is 19.0 Å². The quantitative estimate of drug-likeness (QED) is 0.782. The molecule has 0 unspecified atom stereocenters. The van der Waals surface area contributed by atoms with Gasteiger partial charge in [0, 0.05) is 42.4 Å². The first-order valence-corrected chi connectivity index (χ1v) is 7.20. The Morgan fingerprint density at radius 1 is 1.33 bits per heavy atom. The molecule has 1 heterocycles. The van der Waals surface area contributed by atoms with Gasteiger partial charge in [-0.25, -0.2) is 0 Å². The highest BCUT2D eigenvalue weighted by atomic mass is 127. The summed E-state index contributed by atoms with van der Waals surface area (Å²) >= 11 is 2.34. The normalized spacial score (nSPS) is 18.1. The van der Waals surface area contributed by atoms with Gasteiger partial charge < -0.3 is 10.4 Å². The van der Waals surface area contributed by atoms with Crippen LogP contribution in [0.1, 0.15) is 18.0 Å². The topological polar surface area (TPSA) is 35.5 Å². The molecule has 0 amide bonds. The molecule has 1 saturated heterocycles. The molecule has 0 radical (unpaired) electrons. The van der Waals surface area contributed by atoms with Crippen molar-refractivity contribution < 1.29 is 5.11 Å². The molecule has 3 nitrogen and oxygen atoms in total. The SMILES string of the molecule is Cl.OCC[C@@H](c1cccc(I)c1)N1CCNCC1. The summed E-state index contributed by atoms with van der Waals surface area (Å²) in [5.74, 6) is 0. The molecule has 1 aliphatic rings. The van der Waals surface area contributed by atoms with Crippen LogP contribution < -0.4 is 5.32 Å². The van der Waals surface area contributed by atoms with E-state index in [0.717, 1.165) is 32.6 Å². The van der Waals surface area contributed by atoms with Crippen LogP contribution in [0.2, 0.25) is 0 Å². The van der Waals surface area contributed by atoms with Gasteiger partial charge in [0.05, 0.1) is 0 Å². The van der Waals surface area contributed by atoms with Crippen molar-refractivity contribution in [3.05, 3.63) is 33.4 Å². The standard InChI is InChI=1S/C13H19IN2O.ClH/c14-12-3-1-2-11(10-12)13(4-9-17)16-7-5-15-6-8-16;/h1-3,10,13,15,17H,4-9H2;1H/t13-;/m0./s1. The fraction of sp³-hybridized carbons (Fsp3) is 0.538. The predicted octanol–water partition coefficient (Wildman–Crippen LogP) is 2.04. The average Bonchev–Trinajstić information content (AvgIpc) is 2.37. The minimum atomic E-state index is 0. The molecule has 1 fully saturated rings. The van der Waals surface area contributed by atoms with Gasteiger partial charge in [-0.15, -0.1) is 12.4 Å². The predicted molar refractivity (Wildman–Crippen MR) is 85.3 cm³/mol. The molecule has 18 heavy (non-hydrogen) atoms. The Labute approximate surface area is 128 Å². The van der Waals surface area contributed by atoms with Crippen molar-refractivity contribution in [2.75, 3.05) is 32.8 Å². The highest BCUT2D eigenvalue weighted by Gasteiger charge is 2.21. The summed E-state index contributed by atoms with van der Waals surface area (Å²) in [6.45, 7) is 4.48. The molecular formula is C13H20ClIN2O. The smallest absolute Gasteiger partial charge is 0.0449 e. The van der Waals surface area contributed by atoms with Crippen LogP contribution in [0.15, 0.2) is 24.3 Å². The van der Waals surface area contributed by atoms with Crippen molar-refractivity contribution in [2.24, 2.45) is 0 Å². The van der Waals surface area contributed by atoms with Crippen LogP contribution in [0.4, 0.5) is 0 Å². The van der Waals surface area contributed by atoms with E-state index in [0.29, 0.717) is 6.04 Å². The minimum Gasteiger partial charge on any atom is -0.396 e. The number of rotatable bonds is 4. The first-order valence-electron chi connectivity index (χ1n) is 6.12. The lowest BCUT2D eigenvalue weighted by Crippen LogP contribution is -2.45. The third-order valence-corrected chi connectivity index (χ3v) is 3.90. The van der Waals surface area contributed by atoms with Crippen LogP contribution in [0, 0.1) is 3.57 Å². The minimum absolute atomic E-state index is 0. The summed E-state index contributed by atoms with van der Waals surface area (Å²) in [6, 6.07) is 8.96. The molecule has 0 aromatic heterocycles. The summed E-state index contributed by atoms with van der Waals surface area (Å²) in [6.07, 6.45) is 0.820. The lowest BCUT2D eigenvalue weighted by molar-refractivity contribution is 0.141. The first-order chi connectivity index (χ1) is 8.31. The second-order valence-electron chi connectivity index (χ2n) is 4.37. The number of aliphatic hydroxyl groups excluding tert-OH is 1. The Kier molecular flexibility index (Phi) is 7.48. The number of benzene rings is 1. The van der Waals surface area contributed by atoms with Crippen LogP contribution in [0.3, 0.4) is 0 Å². The molecule has 0 spiro atoms. The number of nitrogens with zero attached hydrogens (tertiary/aromatic N) is 1. The van der Waals surface area contributed by atoms with Crippen LogP contribution in [0.5, 0.6) is 0 Å². The van der Waals surface area contributed by atoms with Crippen LogP contribution >= 0.6 is 35.0 Å². The maximum absolute atomic E-state index is 9.25.